The van der Waals surface area contributed by atoms with Crippen LogP contribution in [0.3, 0.4) is 0 Å². The minimum atomic E-state index is -0.681. The highest BCUT2D eigenvalue weighted by Crippen LogP contribution is 2.48. The maximum Gasteiger partial charge on any atom is 0.338 e. The van der Waals surface area contributed by atoms with E-state index in [4.69, 9.17) is 18.9 Å². The van der Waals surface area contributed by atoms with Crippen molar-refractivity contribution in [3.8, 4) is 17.2 Å². The Bertz CT molecular complexity index is 996. The molecule has 30 heavy (non-hydrogen) atoms. The van der Waals surface area contributed by atoms with Crippen LogP contribution in [-0.2, 0) is 16.1 Å². The van der Waals surface area contributed by atoms with Crippen LogP contribution in [0.25, 0.3) is 0 Å². The molecule has 1 amide bonds. The molecule has 1 aliphatic rings. The van der Waals surface area contributed by atoms with E-state index in [0.717, 1.165) is 5.56 Å². The number of esters is 1. The molecule has 0 fully saturated rings. The molecule has 8 heteroatoms. The van der Waals surface area contributed by atoms with Crippen LogP contribution in [0.1, 0.15) is 40.1 Å². The lowest BCUT2D eigenvalue weighted by Gasteiger charge is -2.19. The highest BCUT2D eigenvalue weighted by molar-refractivity contribution is 6.53. The fraction of sp³-hybridized carbons (Fsp3) is 0.318. The lowest BCUT2D eigenvalue weighted by atomic mass is 10.1. The quantitative estimate of drug-likeness (QED) is 0.509. The Morgan fingerprint density at radius 2 is 1.60 bits per heavy atom. The summed E-state index contributed by atoms with van der Waals surface area (Å²) >= 11 is 0. The first kappa shape index (κ1) is 21.2. The number of hydrogen-bond donors (Lipinski definition) is 0. The summed E-state index contributed by atoms with van der Waals surface area (Å²) in [7, 11) is 4.28. The van der Waals surface area contributed by atoms with Gasteiger partial charge in [-0.1, -0.05) is 12.1 Å². The lowest BCUT2D eigenvalue weighted by Crippen LogP contribution is -2.29. The van der Waals surface area contributed by atoms with Crippen molar-refractivity contribution < 1.29 is 33.3 Å². The molecule has 0 aromatic heterocycles. The highest BCUT2D eigenvalue weighted by Gasteiger charge is 2.41. The fourth-order valence-corrected chi connectivity index (χ4v) is 3.28. The molecular weight excluding hydrogens is 390 g/mol. The number of Topliss-reactive ketones (excluding diaryl/α,β-unsaturated/α-hetero) is 1. The average molecular weight is 413 g/mol. The van der Waals surface area contributed by atoms with Crippen molar-refractivity contribution in [3.63, 3.8) is 0 Å². The van der Waals surface area contributed by atoms with Gasteiger partial charge in [-0.25, -0.2) is 4.79 Å². The van der Waals surface area contributed by atoms with Crippen LogP contribution in [0.15, 0.2) is 30.3 Å². The molecule has 0 unspecified atom stereocenters. The third kappa shape index (κ3) is 3.68. The number of rotatable bonds is 7. The highest BCUT2D eigenvalue weighted by atomic mass is 16.5. The summed E-state index contributed by atoms with van der Waals surface area (Å²) < 4.78 is 21.2. The third-order valence-electron chi connectivity index (χ3n) is 4.64. The van der Waals surface area contributed by atoms with Gasteiger partial charge in [0.25, 0.3) is 11.7 Å². The summed E-state index contributed by atoms with van der Waals surface area (Å²) in [5.41, 5.74) is 1.66. The van der Waals surface area contributed by atoms with E-state index in [1.165, 1.54) is 26.2 Å². The number of hydrogen-bond acceptors (Lipinski definition) is 7. The molecule has 0 spiro atoms. The van der Waals surface area contributed by atoms with E-state index in [1.54, 1.807) is 44.2 Å². The second kappa shape index (κ2) is 8.44. The standard InChI is InChI=1S/C22H23NO7/c1-12(2)30-22(26)14-8-6-13(7-9-14)11-23-15-10-16(27-3)19(28-4)20(29-5)17(15)18(24)21(23)25/h6-10,12H,11H2,1-5H3. The maximum atomic E-state index is 12.7. The van der Waals surface area contributed by atoms with Gasteiger partial charge >= 0.3 is 5.97 Å². The Morgan fingerprint density at radius 1 is 0.967 bits per heavy atom. The van der Waals surface area contributed by atoms with Gasteiger partial charge in [-0.3, -0.25) is 9.59 Å². The van der Waals surface area contributed by atoms with Gasteiger partial charge in [-0.15, -0.1) is 0 Å². The van der Waals surface area contributed by atoms with Crippen molar-refractivity contribution in [1.82, 2.24) is 0 Å². The Balaban J connectivity index is 1.95. The van der Waals surface area contributed by atoms with E-state index >= 15 is 0 Å². The fourth-order valence-electron chi connectivity index (χ4n) is 3.28. The number of benzene rings is 2. The van der Waals surface area contributed by atoms with Crippen LogP contribution in [0, 0.1) is 0 Å². The number of ether oxygens (including phenoxy) is 4. The Morgan fingerprint density at radius 3 is 2.13 bits per heavy atom. The van der Waals surface area contributed by atoms with Gasteiger partial charge in [0.15, 0.2) is 11.5 Å². The molecule has 0 saturated carbocycles. The monoisotopic (exact) mass is 413 g/mol. The van der Waals surface area contributed by atoms with Gasteiger partial charge in [-0.05, 0) is 31.5 Å². The number of carbonyl (C=O) groups excluding carboxylic acids is 3. The van der Waals surface area contributed by atoms with Crippen molar-refractivity contribution in [1.29, 1.82) is 0 Å². The number of amides is 1. The van der Waals surface area contributed by atoms with Crippen LogP contribution in [0.2, 0.25) is 0 Å². The number of carbonyl (C=O) groups is 3. The van der Waals surface area contributed by atoms with Crippen LogP contribution in [-0.4, -0.2) is 45.1 Å². The Labute approximate surface area is 174 Å². The predicted molar refractivity (Wildman–Crippen MR) is 109 cm³/mol. The summed E-state index contributed by atoms with van der Waals surface area (Å²) in [6.45, 7) is 3.68. The van der Waals surface area contributed by atoms with Crippen molar-refractivity contribution in [2.75, 3.05) is 26.2 Å². The van der Waals surface area contributed by atoms with Crippen LogP contribution in [0.4, 0.5) is 5.69 Å². The molecule has 8 nitrogen and oxygen atoms in total. The van der Waals surface area contributed by atoms with Gasteiger partial charge in [0, 0.05) is 6.07 Å². The lowest BCUT2D eigenvalue weighted by molar-refractivity contribution is -0.114. The van der Waals surface area contributed by atoms with E-state index in [9.17, 15) is 14.4 Å². The molecule has 0 atom stereocenters. The normalized spacial score (nSPS) is 12.8. The van der Waals surface area contributed by atoms with Gasteiger partial charge in [0.2, 0.25) is 5.75 Å². The number of methoxy groups -OCH3 is 3. The number of nitrogens with zero attached hydrogens (tertiary/aromatic N) is 1. The van der Waals surface area contributed by atoms with E-state index in [1.807, 2.05) is 0 Å². The first-order valence-electron chi connectivity index (χ1n) is 9.31. The average Bonchev–Trinajstić information content (AvgIpc) is 2.96. The second-order valence-electron chi connectivity index (χ2n) is 6.91. The maximum absolute atomic E-state index is 12.7. The predicted octanol–water partition coefficient (Wildman–Crippen LogP) is 3.01. The topological polar surface area (TPSA) is 91.4 Å². The first-order valence-corrected chi connectivity index (χ1v) is 9.31. The molecule has 0 aliphatic carbocycles. The van der Waals surface area contributed by atoms with Crippen molar-refractivity contribution in [2.45, 2.75) is 26.5 Å². The second-order valence-corrected chi connectivity index (χ2v) is 6.91. The van der Waals surface area contributed by atoms with Crippen molar-refractivity contribution >= 4 is 23.3 Å². The molecule has 158 valence electrons. The summed E-state index contributed by atoms with van der Waals surface area (Å²) in [4.78, 5) is 38.7. The summed E-state index contributed by atoms with van der Waals surface area (Å²) in [6, 6.07) is 8.25. The molecule has 3 rings (SSSR count). The van der Waals surface area contributed by atoms with Crippen LogP contribution in [0.5, 0.6) is 17.2 Å². The van der Waals surface area contributed by atoms with Crippen molar-refractivity contribution in [2.24, 2.45) is 0 Å². The van der Waals surface area contributed by atoms with Crippen molar-refractivity contribution in [3.05, 3.63) is 47.0 Å². The van der Waals surface area contributed by atoms with Crippen LogP contribution >= 0.6 is 0 Å². The number of anilines is 1. The Kier molecular flexibility index (Phi) is 5.96. The van der Waals surface area contributed by atoms with E-state index in [2.05, 4.69) is 0 Å². The smallest absolute Gasteiger partial charge is 0.338 e. The molecule has 0 radical (unpaired) electrons. The molecular formula is C22H23NO7. The van der Waals surface area contributed by atoms with E-state index in [-0.39, 0.29) is 29.7 Å². The summed E-state index contributed by atoms with van der Waals surface area (Å²) in [5.74, 6) is -1.04. The Hall–Kier alpha value is -3.55. The SMILES string of the molecule is COc1cc2c(c(OC)c1OC)C(=O)C(=O)N2Cc1ccc(C(=O)OC(C)C)cc1. The molecule has 0 bridgehead atoms. The van der Waals surface area contributed by atoms with Gasteiger partial charge in [-0.2, -0.15) is 0 Å². The molecule has 1 aliphatic heterocycles. The first-order chi connectivity index (χ1) is 14.3. The number of ketones is 1. The van der Waals surface area contributed by atoms with E-state index in [0.29, 0.717) is 17.0 Å². The number of fused-ring (bicyclic) bond motifs is 1. The molecule has 2 aromatic rings. The molecule has 0 saturated heterocycles. The minimum absolute atomic E-state index is 0.135. The molecule has 2 aromatic carbocycles. The van der Waals surface area contributed by atoms with Gasteiger partial charge in [0.05, 0.1) is 50.8 Å². The van der Waals surface area contributed by atoms with Crippen LogP contribution < -0.4 is 19.1 Å². The third-order valence-corrected chi connectivity index (χ3v) is 4.64. The zero-order valence-corrected chi connectivity index (χ0v) is 17.5. The van der Waals surface area contributed by atoms with Gasteiger partial charge in [0.1, 0.15) is 0 Å². The summed E-state index contributed by atoms with van der Waals surface area (Å²) in [6.07, 6.45) is -0.219. The largest absolute Gasteiger partial charge is 0.493 e. The summed E-state index contributed by atoms with van der Waals surface area (Å²) in [5, 5.41) is 0. The zero-order chi connectivity index (χ0) is 22.0. The van der Waals surface area contributed by atoms with E-state index < -0.39 is 17.7 Å². The minimum Gasteiger partial charge on any atom is -0.493 e. The van der Waals surface area contributed by atoms with Gasteiger partial charge < -0.3 is 23.8 Å². The zero-order valence-electron chi connectivity index (χ0n) is 17.5. The molecule has 0 N–H and O–H groups in total. The molecule has 1 heterocycles.